The van der Waals surface area contributed by atoms with Crippen LogP contribution >= 0.6 is 0 Å². The van der Waals surface area contributed by atoms with Gasteiger partial charge in [-0.1, -0.05) is 6.42 Å². The highest BCUT2D eigenvalue weighted by molar-refractivity contribution is 6.27. The summed E-state index contributed by atoms with van der Waals surface area (Å²) in [4.78, 5) is 5.44. The molecule has 1 aliphatic carbocycles. The highest BCUT2D eigenvalue weighted by Gasteiger charge is 2.33. The zero-order chi connectivity index (χ0) is 22.4. The molecule has 0 aromatic carbocycles. The van der Waals surface area contributed by atoms with E-state index in [0.29, 0.717) is 12.2 Å². The Balaban J connectivity index is 1.40. The summed E-state index contributed by atoms with van der Waals surface area (Å²) in [7, 11) is -0.578. The molecule has 6 nitrogen and oxygen atoms in total. The van der Waals surface area contributed by atoms with Gasteiger partial charge in [-0.2, -0.15) is 0 Å². The van der Waals surface area contributed by atoms with E-state index >= 15 is 0 Å². The SMILES string of the molecule is CCO[SiH2]CCCN(CCC[SiH2]OCC)CC1CCCC(CN(CC2CO2)CC2CO2)C1. The minimum Gasteiger partial charge on any atom is -0.424 e. The van der Waals surface area contributed by atoms with E-state index in [2.05, 4.69) is 23.6 Å². The molecule has 1 saturated carbocycles. The molecule has 2 aliphatic heterocycles. The predicted octanol–water partition coefficient (Wildman–Crippen LogP) is 2.05. The first-order valence-corrected chi connectivity index (χ1v) is 16.8. The number of epoxide rings is 2. The first kappa shape index (κ1) is 26.8. The molecule has 3 rings (SSSR count). The third-order valence-electron chi connectivity index (χ3n) is 7.09. The molecule has 0 bridgehead atoms. The monoisotopic (exact) mass is 486 g/mol. The Morgan fingerprint density at radius 3 is 1.72 bits per heavy atom. The number of rotatable bonds is 20. The summed E-state index contributed by atoms with van der Waals surface area (Å²) in [6, 6.07) is 2.65. The second-order valence-corrected chi connectivity index (χ2v) is 13.2. The van der Waals surface area contributed by atoms with Crippen molar-refractivity contribution in [3.05, 3.63) is 0 Å². The zero-order valence-electron chi connectivity index (χ0n) is 21.0. The maximum atomic E-state index is 5.69. The highest BCUT2D eigenvalue weighted by atomic mass is 28.2. The van der Waals surface area contributed by atoms with Crippen molar-refractivity contribution in [2.75, 3.05) is 65.7 Å². The number of hydrogen-bond donors (Lipinski definition) is 0. The van der Waals surface area contributed by atoms with Gasteiger partial charge in [0.15, 0.2) is 19.5 Å². The van der Waals surface area contributed by atoms with Crippen molar-refractivity contribution < 1.29 is 18.3 Å². The van der Waals surface area contributed by atoms with Crippen molar-refractivity contribution in [3.63, 3.8) is 0 Å². The molecular formula is C24H50N2O4Si2. The van der Waals surface area contributed by atoms with E-state index in [-0.39, 0.29) is 19.5 Å². The second kappa shape index (κ2) is 16.0. The summed E-state index contributed by atoms with van der Waals surface area (Å²) in [5, 5.41) is 0. The number of ether oxygens (including phenoxy) is 2. The van der Waals surface area contributed by atoms with Gasteiger partial charge in [0.2, 0.25) is 0 Å². The van der Waals surface area contributed by atoms with Crippen LogP contribution in [-0.2, 0) is 18.3 Å². The molecular weight excluding hydrogens is 436 g/mol. The Kier molecular flexibility index (Phi) is 13.4. The van der Waals surface area contributed by atoms with E-state index in [0.717, 1.165) is 51.4 Å². The van der Waals surface area contributed by atoms with Gasteiger partial charge in [-0.15, -0.1) is 0 Å². The van der Waals surface area contributed by atoms with Crippen LogP contribution in [0.5, 0.6) is 0 Å². The second-order valence-electron chi connectivity index (χ2n) is 10.1. The van der Waals surface area contributed by atoms with Gasteiger partial charge in [-0.25, -0.2) is 0 Å². The molecule has 0 aromatic heterocycles. The third-order valence-corrected chi connectivity index (χ3v) is 10.1. The van der Waals surface area contributed by atoms with Crippen LogP contribution in [0.1, 0.15) is 52.4 Å². The van der Waals surface area contributed by atoms with Crippen molar-refractivity contribution >= 4 is 19.5 Å². The number of nitrogens with zero attached hydrogens (tertiary/aromatic N) is 2. The lowest BCUT2D eigenvalue weighted by Crippen LogP contribution is -2.39. The minimum atomic E-state index is -0.289. The summed E-state index contributed by atoms with van der Waals surface area (Å²) in [5.74, 6) is 1.72. The quantitative estimate of drug-likeness (QED) is 0.149. The van der Waals surface area contributed by atoms with Gasteiger partial charge in [0.05, 0.1) is 25.4 Å². The van der Waals surface area contributed by atoms with Crippen LogP contribution in [0.4, 0.5) is 0 Å². The van der Waals surface area contributed by atoms with Crippen molar-refractivity contribution in [1.82, 2.24) is 9.80 Å². The van der Waals surface area contributed by atoms with E-state index in [1.54, 1.807) is 0 Å². The molecule has 8 heteroatoms. The summed E-state index contributed by atoms with van der Waals surface area (Å²) >= 11 is 0. The fraction of sp³-hybridized carbons (Fsp3) is 1.00. The van der Waals surface area contributed by atoms with Gasteiger partial charge in [0, 0.05) is 39.4 Å². The molecule has 0 radical (unpaired) electrons. The van der Waals surface area contributed by atoms with Crippen LogP contribution in [0.2, 0.25) is 12.1 Å². The van der Waals surface area contributed by atoms with Gasteiger partial charge in [0.1, 0.15) is 0 Å². The van der Waals surface area contributed by atoms with Gasteiger partial charge in [-0.3, -0.25) is 4.90 Å². The molecule has 0 amide bonds. The Morgan fingerprint density at radius 2 is 1.25 bits per heavy atom. The zero-order valence-corrected chi connectivity index (χ0v) is 23.8. The molecule has 32 heavy (non-hydrogen) atoms. The summed E-state index contributed by atoms with van der Waals surface area (Å²) in [5.41, 5.74) is 0. The van der Waals surface area contributed by atoms with Crippen LogP contribution in [0.3, 0.4) is 0 Å². The van der Waals surface area contributed by atoms with E-state index in [9.17, 15) is 0 Å². The van der Waals surface area contributed by atoms with Crippen LogP contribution in [0.15, 0.2) is 0 Å². The van der Waals surface area contributed by atoms with Crippen LogP contribution in [0, 0.1) is 11.8 Å². The minimum absolute atomic E-state index is 0.289. The first-order chi connectivity index (χ1) is 15.8. The highest BCUT2D eigenvalue weighted by Crippen LogP contribution is 2.31. The van der Waals surface area contributed by atoms with Crippen molar-refractivity contribution in [1.29, 1.82) is 0 Å². The lowest BCUT2D eigenvalue weighted by atomic mass is 9.80. The normalized spacial score (nSPS) is 28.1. The average Bonchev–Trinajstić information content (AvgIpc) is 3.71. The molecule has 3 aliphatic rings. The Hall–Kier alpha value is 0.194. The summed E-state index contributed by atoms with van der Waals surface area (Å²) < 4.78 is 22.4. The van der Waals surface area contributed by atoms with Crippen LogP contribution in [0.25, 0.3) is 0 Å². The van der Waals surface area contributed by atoms with E-state index in [4.69, 9.17) is 18.3 Å². The van der Waals surface area contributed by atoms with E-state index in [1.807, 2.05) is 0 Å². The molecule has 4 atom stereocenters. The van der Waals surface area contributed by atoms with Crippen molar-refractivity contribution in [3.8, 4) is 0 Å². The Labute approximate surface area is 201 Å². The lowest BCUT2D eigenvalue weighted by molar-refractivity contribution is 0.132. The average molecular weight is 487 g/mol. The van der Waals surface area contributed by atoms with Crippen molar-refractivity contribution in [2.24, 2.45) is 11.8 Å². The maximum Gasteiger partial charge on any atom is 0.161 e. The molecule has 0 N–H and O–H groups in total. The van der Waals surface area contributed by atoms with Crippen molar-refractivity contribution in [2.45, 2.75) is 76.7 Å². The fourth-order valence-electron chi connectivity index (χ4n) is 5.27. The van der Waals surface area contributed by atoms with E-state index < -0.39 is 0 Å². The van der Waals surface area contributed by atoms with Crippen LogP contribution in [-0.4, -0.2) is 107 Å². The molecule has 0 aromatic rings. The van der Waals surface area contributed by atoms with Gasteiger partial charge < -0.3 is 23.2 Å². The fourth-order valence-corrected chi connectivity index (χ4v) is 7.11. The largest absolute Gasteiger partial charge is 0.424 e. The number of hydrogen-bond acceptors (Lipinski definition) is 6. The maximum absolute atomic E-state index is 5.69. The molecule has 188 valence electrons. The standard InChI is InChI=1S/C24H50N2O4Si2/c1-3-29-31-12-6-10-25(11-7-13-32-30-4-2)15-21-8-5-9-22(14-21)16-26(17-23-19-27-23)18-24-20-28-24/h21-24H,3-20,31-32H2,1-2H3. The summed E-state index contributed by atoms with van der Waals surface area (Å²) in [6.45, 7) is 15.3. The molecule has 2 saturated heterocycles. The Bertz CT molecular complexity index is 455. The van der Waals surface area contributed by atoms with E-state index in [1.165, 1.54) is 76.8 Å². The topological polar surface area (TPSA) is 50.0 Å². The molecule has 4 unspecified atom stereocenters. The smallest absolute Gasteiger partial charge is 0.161 e. The molecule has 3 fully saturated rings. The first-order valence-electron chi connectivity index (χ1n) is 13.6. The molecule has 0 spiro atoms. The predicted molar refractivity (Wildman–Crippen MR) is 137 cm³/mol. The third kappa shape index (κ3) is 12.1. The van der Waals surface area contributed by atoms with Gasteiger partial charge >= 0.3 is 0 Å². The molecule has 2 heterocycles. The van der Waals surface area contributed by atoms with Gasteiger partial charge in [-0.05, 0) is 83.0 Å². The summed E-state index contributed by atoms with van der Waals surface area (Å²) in [6.07, 6.45) is 9.27. The van der Waals surface area contributed by atoms with Gasteiger partial charge in [0.25, 0.3) is 0 Å². The Morgan fingerprint density at radius 1 is 0.750 bits per heavy atom. The lowest BCUT2D eigenvalue weighted by Gasteiger charge is -2.35. The van der Waals surface area contributed by atoms with Crippen LogP contribution < -0.4 is 0 Å².